The highest BCUT2D eigenvalue weighted by Gasteiger charge is 2.37. The molecule has 4 atom stereocenters. The fourth-order valence-corrected chi connectivity index (χ4v) is 6.15. The van der Waals surface area contributed by atoms with E-state index in [4.69, 9.17) is 23.7 Å². The van der Waals surface area contributed by atoms with E-state index in [1.54, 1.807) is 32.0 Å². The monoisotopic (exact) mass is 564 g/mol. The maximum Gasteiger partial charge on any atom is 0.134 e. The Morgan fingerprint density at radius 3 is 1.88 bits per heavy atom. The molecule has 0 aliphatic carbocycles. The Morgan fingerprint density at radius 1 is 0.683 bits per heavy atom. The van der Waals surface area contributed by atoms with Gasteiger partial charge in [-0.15, -0.1) is 0 Å². The minimum absolute atomic E-state index is 0.000577. The fourth-order valence-electron chi connectivity index (χ4n) is 6.15. The summed E-state index contributed by atoms with van der Waals surface area (Å²) in [6.45, 7) is 3.53. The van der Waals surface area contributed by atoms with Crippen LogP contribution in [-0.2, 0) is 22.7 Å². The van der Waals surface area contributed by atoms with Crippen molar-refractivity contribution in [2.24, 2.45) is 0 Å². The topological polar surface area (TPSA) is 147 Å². The van der Waals surface area contributed by atoms with Gasteiger partial charge in [0, 0.05) is 50.7 Å². The molecule has 41 heavy (non-hydrogen) atoms. The first-order valence-corrected chi connectivity index (χ1v) is 13.2. The Bertz CT molecular complexity index is 1710. The minimum atomic E-state index is -1.18. The van der Waals surface area contributed by atoms with E-state index in [0.717, 1.165) is 0 Å². The average Bonchev–Trinajstić information content (AvgIpc) is 2.97. The SMILES string of the molecule is COc1cc(OC)c2c(O)c3c(c(-c4c(O)cc(OC)c5c(O)c6c(cc45)[C@H](O)[C@H](C)OC6)c2c1)[C@H](O)[C@H](C)OC3. The third-order valence-corrected chi connectivity index (χ3v) is 8.35. The summed E-state index contributed by atoms with van der Waals surface area (Å²) in [4.78, 5) is 0. The van der Waals surface area contributed by atoms with Crippen LogP contribution < -0.4 is 14.2 Å². The average molecular weight is 565 g/mol. The lowest BCUT2D eigenvalue weighted by molar-refractivity contribution is -0.0530. The largest absolute Gasteiger partial charge is 0.507 e. The maximum atomic E-state index is 11.6. The summed E-state index contributed by atoms with van der Waals surface area (Å²) in [5.74, 6) is 0.468. The highest BCUT2D eigenvalue weighted by molar-refractivity contribution is 6.15. The van der Waals surface area contributed by atoms with E-state index in [1.807, 2.05) is 0 Å². The van der Waals surface area contributed by atoms with Crippen molar-refractivity contribution in [3.8, 4) is 45.6 Å². The molecule has 2 heterocycles. The molecule has 6 rings (SSSR count). The molecule has 4 aromatic rings. The zero-order chi connectivity index (χ0) is 29.3. The zero-order valence-electron chi connectivity index (χ0n) is 23.3. The molecule has 2 aliphatic rings. The number of aliphatic hydroxyl groups excluding tert-OH is 2. The van der Waals surface area contributed by atoms with Gasteiger partial charge in [0.15, 0.2) is 0 Å². The number of aromatic hydroxyl groups is 3. The highest BCUT2D eigenvalue weighted by atomic mass is 16.5. The highest BCUT2D eigenvalue weighted by Crippen LogP contribution is 2.56. The van der Waals surface area contributed by atoms with E-state index in [-0.39, 0.29) is 41.8 Å². The van der Waals surface area contributed by atoms with Gasteiger partial charge in [-0.1, -0.05) is 0 Å². The van der Waals surface area contributed by atoms with Crippen LogP contribution in [0.3, 0.4) is 0 Å². The van der Waals surface area contributed by atoms with Crippen molar-refractivity contribution in [1.82, 2.24) is 0 Å². The van der Waals surface area contributed by atoms with Crippen LogP contribution in [0.1, 0.15) is 48.3 Å². The Kier molecular flexibility index (Phi) is 6.54. The molecule has 0 amide bonds. The van der Waals surface area contributed by atoms with Gasteiger partial charge in [-0.2, -0.15) is 0 Å². The molecule has 0 saturated heterocycles. The number of hydrogen-bond donors (Lipinski definition) is 5. The summed E-state index contributed by atoms with van der Waals surface area (Å²) in [5.41, 5.74) is 2.23. The molecule has 0 unspecified atom stereocenters. The van der Waals surface area contributed by atoms with Gasteiger partial charge in [0.25, 0.3) is 0 Å². The Balaban J connectivity index is 1.87. The van der Waals surface area contributed by atoms with Gasteiger partial charge in [-0.3, -0.25) is 0 Å². The number of fused-ring (bicyclic) bond motifs is 4. The summed E-state index contributed by atoms with van der Waals surface area (Å²) in [6.07, 6.45) is -3.38. The number of ether oxygens (including phenoxy) is 5. The fraction of sp³-hybridized carbons (Fsp3) is 0.355. The molecular formula is C31H32O10. The lowest BCUT2D eigenvalue weighted by atomic mass is 9.81. The molecule has 216 valence electrons. The zero-order valence-corrected chi connectivity index (χ0v) is 23.3. The van der Waals surface area contributed by atoms with Crippen molar-refractivity contribution in [3.05, 3.63) is 46.5 Å². The van der Waals surface area contributed by atoms with E-state index >= 15 is 0 Å². The molecule has 0 bridgehead atoms. The van der Waals surface area contributed by atoms with Crippen molar-refractivity contribution in [3.63, 3.8) is 0 Å². The third-order valence-electron chi connectivity index (χ3n) is 8.35. The summed E-state index contributed by atoms with van der Waals surface area (Å²) in [5, 5.41) is 58.6. The molecular weight excluding hydrogens is 532 g/mol. The predicted molar refractivity (Wildman–Crippen MR) is 150 cm³/mol. The number of methoxy groups -OCH3 is 3. The van der Waals surface area contributed by atoms with Gasteiger partial charge < -0.3 is 49.2 Å². The molecule has 5 N–H and O–H groups in total. The van der Waals surface area contributed by atoms with Crippen molar-refractivity contribution >= 4 is 21.5 Å². The van der Waals surface area contributed by atoms with Crippen LogP contribution in [0.4, 0.5) is 0 Å². The second-order valence-electron chi connectivity index (χ2n) is 10.5. The van der Waals surface area contributed by atoms with Crippen LogP contribution >= 0.6 is 0 Å². The molecule has 0 spiro atoms. The number of aliphatic hydroxyl groups is 2. The van der Waals surface area contributed by atoms with Crippen LogP contribution in [0.5, 0.6) is 34.5 Å². The maximum absolute atomic E-state index is 11.6. The number of hydrogen-bond acceptors (Lipinski definition) is 10. The first kappa shape index (κ1) is 27.2. The molecule has 0 aromatic heterocycles. The van der Waals surface area contributed by atoms with Crippen LogP contribution in [-0.4, -0.2) is 59.1 Å². The normalized spacial score (nSPS) is 21.9. The van der Waals surface area contributed by atoms with Gasteiger partial charge >= 0.3 is 0 Å². The van der Waals surface area contributed by atoms with E-state index in [9.17, 15) is 25.5 Å². The Morgan fingerprint density at radius 2 is 1.24 bits per heavy atom. The van der Waals surface area contributed by atoms with Gasteiger partial charge in [0.2, 0.25) is 0 Å². The molecule has 10 nitrogen and oxygen atoms in total. The predicted octanol–water partition coefficient (Wildman–Crippen LogP) is 4.71. The summed E-state index contributed by atoms with van der Waals surface area (Å²) in [7, 11) is 4.39. The quantitative estimate of drug-likeness (QED) is 0.236. The lowest BCUT2D eigenvalue weighted by Crippen LogP contribution is -2.26. The minimum Gasteiger partial charge on any atom is -0.507 e. The Labute approximate surface area is 235 Å². The van der Waals surface area contributed by atoms with Crippen molar-refractivity contribution < 1.29 is 49.2 Å². The van der Waals surface area contributed by atoms with E-state index < -0.39 is 24.4 Å². The molecule has 2 aliphatic heterocycles. The van der Waals surface area contributed by atoms with Crippen LogP contribution in [0.15, 0.2) is 24.3 Å². The van der Waals surface area contributed by atoms with E-state index in [1.165, 1.54) is 27.4 Å². The Hall–Kier alpha value is -3.96. The first-order valence-electron chi connectivity index (χ1n) is 13.2. The summed E-state index contributed by atoms with van der Waals surface area (Å²) >= 11 is 0. The number of phenols is 3. The van der Waals surface area contributed by atoms with Crippen molar-refractivity contribution in [2.45, 2.75) is 51.5 Å². The second kappa shape index (κ2) is 9.85. The third kappa shape index (κ3) is 3.86. The molecule has 0 saturated carbocycles. The van der Waals surface area contributed by atoms with Gasteiger partial charge in [-0.25, -0.2) is 0 Å². The van der Waals surface area contributed by atoms with Crippen molar-refractivity contribution in [2.75, 3.05) is 21.3 Å². The number of benzene rings is 4. The van der Waals surface area contributed by atoms with Gasteiger partial charge in [-0.05, 0) is 31.5 Å². The van der Waals surface area contributed by atoms with Crippen LogP contribution in [0, 0.1) is 0 Å². The smallest absolute Gasteiger partial charge is 0.134 e. The summed E-state index contributed by atoms with van der Waals surface area (Å²) in [6, 6.07) is 6.43. The second-order valence-corrected chi connectivity index (χ2v) is 10.5. The van der Waals surface area contributed by atoms with Crippen LogP contribution in [0.25, 0.3) is 32.7 Å². The van der Waals surface area contributed by atoms with Gasteiger partial charge in [0.1, 0.15) is 46.7 Å². The standard InChI is InChI=1S/C31H32O10/c1-12-28(33)15-8-17-23(20(32)9-22(39-5)25(17)30(35)18(15)10-40-12)26-16-6-14(37-3)7-21(38-4)24(16)31(36)19-11-41-13(2)29(34)27(19)26/h6-9,12-13,28-29,32-36H,10-11H2,1-5H3/t12-,13-,28+,29+/m0/s1. The number of rotatable bonds is 4. The molecule has 0 radical (unpaired) electrons. The number of phenolic OH excluding ortho intramolecular Hbond substituents is 3. The molecule has 4 aromatic carbocycles. The van der Waals surface area contributed by atoms with Gasteiger partial charge in [0.05, 0.1) is 57.5 Å². The summed E-state index contributed by atoms with van der Waals surface area (Å²) < 4.78 is 28.2. The van der Waals surface area contributed by atoms with Crippen LogP contribution in [0.2, 0.25) is 0 Å². The van der Waals surface area contributed by atoms with Crippen molar-refractivity contribution in [1.29, 1.82) is 0 Å². The molecule has 10 heteroatoms. The molecule has 0 fully saturated rings. The van der Waals surface area contributed by atoms with E-state index in [0.29, 0.717) is 60.9 Å². The lowest BCUT2D eigenvalue weighted by Gasteiger charge is -2.33. The van der Waals surface area contributed by atoms with E-state index in [2.05, 4.69) is 0 Å². The first-order chi connectivity index (χ1) is 19.6.